The third-order valence-corrected chi connectivity index (χ3v) is 9.98. The van der Waals surface area contributed by atoms with Gasteiger partial charge in [0.25, 0.3) is 0 Å². The fourth-order valence-corrected chi connectivity index (χ4v) is 7.55. The molecular weight excluding hydrogens is 602 g/mol. The lowest BCUT2D eigenvalue weighted by atomic mass is 9.76. The van der Waals surface area contributed by atoms with Crippen molar-refractivity contribution in [2.24, 2.45) is 29.1 Å². The van der Waals surface area contributed by atoms with Gasteiger partial charge in [0.1, 0.15) is 18.3 Å². The van der Waals surface area contributed by atoms with Crippen LogP contribution in [0.2, 0.25) is 0 Å². The van der Waals surface area contributed by atoms with Crippen LogP contribution < -0.4 is 0 Å². The first-order valence-corrected chi connectivity index (χ1v) is 15.8. The zero-order valence-corrected chi connectivity index (χ0v) is 27.6. The minimum atomic E-state index is -1.90. The van der Waals surface area contributed by atoms with E-state index in [-0.39, 0.29) is 40.4 Å². The van der Waals surface area contributed by atoms with E-state index in [2.05, 4.69) is 25.4 Å². The molecule has 0 spiro atoms. The number of rotatable bonds is 6. The van der Waals surface area contributed by atoms with Crippen molar-refractivity contribution in [2.45, 2.75) is 78.3 Å². The van der Waals surface area contributed by atoms with Gasteiger partial charge in [0.05, 0.1) is 17.0 Å². The zero-order valence-electron chi connectivity index (χ0n) is 27.6. The van der Waals surface area contributed by atoms with E-state index in [1.807, 2.05) is 6.08 Å². The van der Waals surface area contributed by atoms with E-state index < -0.39 is 65.4 Å². The lowest BCUT2D eigenvalue weighted by molar-refractivity contribution is -0.179. The van der Waals surface area contributed by atoms with Crippen LogP contribution in [0.25, 0.3) is 0 Å². The predicted octanol–water partition coefficient (Wildman–Crippen LogP) is 5.47. The zero-order chi connectivity index (χ0) is 34.3. The largest absolute Gasteiger partial charge is 0.458 e. The molecule has 8 atom stereocenters. The van der Waals surface area contributed by atoms with E-state index in [9.17, 15) is 24.0 Å². The van der Waals surface area contributed by atoms with E-state index in [0.29, 0.717) is 12.0 Å². The lowest BCUT2D eigenvalue weighted by Gasteiger charge is -2.40. The van der Waals surface area contributed by atoms with Crippen molar-refractivity contribution in [3.05, 3.63) is 89.8 Å². The Bertz CT molecular complexity index is 1610. The summed E-state index contributed by atoms with van der Waals surface area (Å²) in [5.41, 5.74) is -1.11. The number of carbonyl (C=O) groups is 5. The summed E-state index contributed by atoms with van der Waals surface area (Å²) in [6.45, 7) is 14.3. The van der Waals surface area contributed by atoms with Gasteiger partial charge in [-0.05, 0) is 66.4 Å². The highest BCUT2D eigenvalue weighted by molar-refractivity contribution is 6.03. The minimum Gasteiger partial charge on any atom is -0.458 e. The lowest BCUT2D eigenvalue weighted by Crippen LogP contribution is -2.55. The molecule has 0 bridgehead atoms. The van der Waals surface area contributed by atoms with Crippen LogP contribution >= 0.6 is 0 Å². The SMILES string of the molecule is C=C1C(OC(C)=O)[C@H]2[C@H](OC(=O)c3ccccc3)[C@@H](C)C[C@]2(OC(C)=O)C(=O)/C(C)=C/[C@@H]2[C@H](C[C@@H]1OC(=O)c1cccnc1)C2(C)C. The Morgan fingerprint density at radius 1 is 0.915 bits per heavy atom. The molecule has 1 aromatic heterocycles. The molecule has 2 saturated carbocycles. The first-order chi connectivity index (χ1) is 22.2. The minimum absolute atomic E-state index is 0.0172. The summed E-state index contributed by atoms with van der Waals surface area (Å²) >= 11 is 0. The van der Waals surface area contributed by atoms with Crippen LogP contribution in [-0.4, -0.2) is 58.6 Å². The summed E-state index contributed by atoms with van der Waals surface area (Å²) in [5.74, 6) is -5.08. The normalized spacial score (nSPS) is 32.3. The van der Waals surface area contributed by atoms with Gasteiger partial charge in [-0.15, -0.1) is 0 Å². The first-order valence-electron chi connectivity index (χ1n) is 15.8. The number of Topliss-reactive ketones (excluding diaryl/α,β-unsaturated/α-hetero) is 1. The van der Waals surface area contributed by atoms with Gasteiger partial charge in [-0.2, -0.15) is 0 Å². The number of allylic oxidation sites excluding steroid dienone is 1. The highest BCUT2D eigenvalue weighted by atomic mass is 16.6. The molecule has 2 aromatic rings. The van der Waals surface area contributed by atoms with Crippen LogP contribution in [0.15, 0.2) is 78.7 Å². The Labute approximate surface area is 274 Å². The molecule has 1 heterocycles. The van der Waals surface area contributed by atoms with Crippen LogP contribution in [0, 0.1) is 29.1 Å². The number of aromatic nitrogens is 1. The Balaban J connectivity index is 1.68. The summed E-state index contributed by atoms with van der Waals surface area (Å²) < 4.78 is 24.2. The van der Waals surface area contributed by atoms with E-state index in [1.165, 1.54) is 26.2 Å². The number of nitrogens with zero attached hydrogens (tertiary/aromatic N) is 1. The maximum atomic E-state index is 14.7. The Kier molecular flexibility index (Phi) is 9.26. The fraction of sp³-hybridized carbons (Fsp3) is 0.459. The van der Waals surface area contributed by atoms with Gasteiger partial charge in [-0.25, -0.2) is 9.59 Å². The summed E-state index contributed by atoms with van der Waals surface area (Å²) in [7, 11) is 0. The van der Waals surface area contributed by atoms with Crippen LogP contribution in [0.3, 0.4) is 0 Å². The number of hydrogen-bond donors (Lipinski definition) is 0. The van der Waals surface area contributed by atoms with Crippen molar-refractivity contribution >= 4 is 29.7 Å². The van der Waals surface area contributed by atoms with Gasteiger partial charge in [0.2, 0.25) is 5.78 Å². The van der Waals surface area contributed by atoms with Crippen LogP contribution in [0.5, 0.6) is 0 Å². The van der Waals surface area contributed by atoms with Gasteiger partial charge in [-0.3, -0.25) is 19.4 Å². The van der Waals surface area contributed by atoms with Crippen molar-refractivity contribution in [3.8, 4) is 0 Å². The van der Waals surface area contributed by atoms with Crippen molar-refractivity contribution < 1.29 is 42.9 Å². The Hall–Kier alpha value is -4.60. The van der Waals surface area contributed by atoms with Crippen LogP contribution in [0.4, 0.5) is 0 Å². The highest BCUT2D eigenvalue weighted by Gasteiger charge is 2.66. The molecule has 0 aliphatic heterocycles. The summed E-state index contributed by atoms with van der Waals surface area (Å²) in [6.07, 6.45) is 1.70. The van der Waals surface area contributed by atoms with Crippen molar-refractivity contribution in [2.75, 3.05) is 0 Å². The van der Waals surface area contributed by atoms with E-state index in [1.54, 1.807) is 56.3 Å². The number of carbonyl (C=O) groups excluding carboxylic acids is 5. The molecule has 3 aliphatic carbocycles. The number of ether oxygens (including phenoxy) is 4. The van der Waals surface area contributed by atoms with Crippen LogP contribution in [0.1, 0.15) is 75.1 Å². The third kappa shape index (κ3) is 6.50. The quantitative estimate of drug-likeness (QED) is 0.227. The van der Waals surface area contributed by atoms with Crippen LogP contribution in [-0.2, 0) is 33.3 Å². The first kappa shape index (κ1) is 33.8. The average Bonchev–Trinajstić information content (AvgIpc) is 3.41. The number of benzene rings is 1. The Morgan fingerprint density at radius 2 is 1.57 bits per heavy atom. The highest BCUT2D eigenvalue weighted by Crippen LogP contribution is 2.63. The summed E-state index contributed by atoms with van der Waals surface area (Å²) in [4.78, 5) is 71.2. The number of esters is 4. The molecule has 10 heteroatoms. The topological polar surface area (TPSA) is 135 Å². The second-order valence-corrected chi connectivity index (χ2v) is 13.5. The molecule has 47 heavy (non-hydrogen) atoms. The molecule has 0 N–H and O–H groups in total. The van der Waals surface area contributed by atoms with Crippen molar-refractivity contribution in [3.63, 3.8) is 0 Å². The smallest absolute Gasteiger partial charge is 0.340 e. The molecule has 10 nitrogen and oxygen atoms in total. The van der Waals surface area contributed by atoms with Gasteiger partial charge < -0.3 is 18.9 Å². The third-order valence-electron chi connectivity index (χ3n) is 9.98. The van der Waals surface area contributed by atoms with Crippen molar-refractivity contribution in [1.82, 2.24) is 4.98 Å². The molecule has 2 fully saturated rings. The Morgan fingerprint density at radius 3 is 2.19 bits per heavy atom. The van der Waals surface area contributed by atoms with E-state index in [4.69, 9.17) is 18.9 Å². The van der Waals surface area contributed by atoms with Gasteiger partial charge in [0.15, 0.2) is 5.60 Å². The maximum Gasteiger partial charge on any atom is 0.340 e. The van der Waals surface area contributed by atoms with E-state index in [0.717, 1.165) is 0 Å². The van der Waals surface area contributed by atoms with Gasteiger partial charge in [0, 0.05) is 38.2 Å². The molecular formula is C37H41NO9. The van der Waals surface area contributed by atoms with Crippen molar-refractivity contribution in [1.29, 1.82) is 0 Å². The average molecular weight is 644 g/mol. The predicted molar refractivity (Wildman–Crippen MR) is 170 cm³/mol. The molecule has 0 radical (unpaired) electrons. The second-order valence-electron chi connectivity index (χ2n) is 13.5. The molecule has 5 rings (SSSR count). The second kappa shape index (κ2) is 12.9. The number of pyridine rings is 1. The number of ketones is 1. The van der Waals surface area contributed by atoms with Gasteiger partial charge >= 0.3 is 23.9 Å². The molecule has 248 valence electrons. The number of fused-ring (bicyclic) bond motifs is 2. The molecule has 3 aliphatic rings. The summed E-state index contributed by atoms with van der Waals surface area (Å²) in [6, 6.07) is 11.5. The molecule has 0 saturated heterocycles. The summed E-state index contributed by atoms with van der Waals surface area (Å²) in [5, 5.41) is 0. The molecule has 1 aromatic carbocycles. The number of hydrogen-bond acceptors (Lipinski definition) is 10. The van der Waals surface area contributed by atoms with Gasteiger partial charge in [-0.1, -0.05) is 51.6 Å². The maximum absolute atomic E-state index is 14.7. The fourth-order valence-electron chi connectivity index (χ4n) is 7.55. The standard InChI is InChI=1S/C37H41NO9/c1-20-16-27-28(36(27,6)7)17-29(45-35(43)26-14-11-15-38-19-26)22(3)32(44-23(4)39)30-31(46-34(42)25-12-9-8-10-13-25)21(2)18-37(30,33(20)41)47-24(5)40/h8-16,19,21,27-32H,3,17-18H2,1-2,4-7H3/b20-16+/t21-,27+,28-,29-,30+,31+,32?,37+/m0/s1. The molecule has 0 amide bonds. The van der Waals surface area contributed by atoms with E-state index >= 15 is 0 Å². The molecule has 1 unspecified atom stereocenters. The monoisotopic (exact) mass is 643 g/mol.